The van der Waals surface area contributed by atoms with Crippen LogP contribution in [0.2, 0.25) is 0 Å². The van der Waals surface area contributed by atoms with Crippen LogP contribution in [0.4, 0.5) is 0 Å². The maximum Gasteiger partial charge on any atom is 0.144 e. The Bertz CT molecular complexity index is 2940. The molecule has 10 rings (SSSR count). The molecule has 0 bridgehead atoms. The molecule has 3 aromatic heterocycles. The number of benzene rings is 7. The highest BCUT2D eigenvalue weighted by atomic mass is 16.3. The number of hydrogen-bond donors (Lipinski definition) is 2. The van der Waals surface area contributed by atoms with Gasteiger partial charge in [-0.25, -0.2) is 4.98 Å². The molecule has 6 heteroatoms. The van der Waals surface area contributed by atoms with Crippen LogP contribution in [0.5, 0.6) is 0 Å². The highest BCUT2D eigenvalue weighted by Gasteiger charge is 2.39. The van der Waals surface area contributed by atoms with Crippen molar-refractivity contribution in [2.75, 3.05) is 0 Å². The molecule has 3 heterocycles. The third-order valence-electron chi connectivity index (χ3n) is 12.4. The Balaban J connectivity index is 1.14. The molecule has 0 fully saturated rings. The van der Waals surface area contributed by atoms with E-state index in [4.69, 9.17) is 4.98 Å². The summed E-state index contributed by atoms with van der Waals surface area (Å²) < 4.78 is 6.74. The summed E-state index contributed by atoms with van der Waals surface area (Å²) >= 11 is 0. The third-order valence-corrected chi connectivity index (χ3v) is 12.4. The van der Waals surface area contributed by atoms with Crippen LogP contribution in [0.25, 0.3) is 72.1 Å². The van der Waals surface area contributed by atoms with Crippen LogP contribution in [0.3, 0.4) is 0 Å². The summed E-state index contributed by atoms with van der Waals surface area (Å²) in [5.74, 6) is 0.862. The van der Waals surface area contributed by atoms with Crippen molar-refractivity contribution in [2.45, 2.75) is 51.7 Å². The average molecular weight is 771 g/mol. The standard InChI is InChI=1S/C53H46N4O2/c1-5-53(59,39-29-35(2)50(36(3)30-39)55-28-27-54-51(55)37-17-7-6-8-18-37)34-52(4,58)38-31-40(56-46-23-13-9-19-42(46)43-20-10-14-24-47(43)56)33-41(32-38)57-48-25-15-11-21-44(48)45-22-12-16-26-49(45)57/h6-33,58-59H,5,34H2,1-4H3. The second-order valence-electron chi connectivity index (χ2n) is 16.3. The normalized spacial score (nSPS) is 14.0. The predicted octanol–water partition coefficient (Wildman–Crippen LogP) is 12.2. The predicted molar refractivity (Wildman–Crippen MR) is 242 cm³/mol. The zero-order valence-corrected chi connectivity index (χ0v) is 33.8. The van der Waals surface area contributed by atoms with E-state index in [1.54, 1.807) is 0 Å². The Labute approximate surface area is 343 Å². The van der Waals surface area contributed by atoms with Crippen molar-refractivity contribution >= 4 is 43.6 Å². The highest BCUT2D eigenvalue weighted by Crippen LogP contribution is 2.43. The molecule has 0 radical (unpaired) electrons. The summed E-state index contributed by atoms with van der Waals surface area (Å²) in [6.07, 6.45) is 4.31. The van der Waals surface area contributed by atoms with Crippen LogP contribution >= 0.6 is 0 Å². The molecular weight excluding hydrogens is 725 g/mol. The Hall–Kier alpha value is -6.73. The SMILES string of the molecule is CCC(O)(CC(C)(O)c1cc(-n2c3ccccc3c3ccccc32)cc(-n2c3ccccc3c3ccccc32)c1)c1cc(C)c(-n2ccnc2-c2ccccc2)c(C)c1. The fourth-order valence-electron chi connectivity index (χ4n) is 9.56. The monoisotopic (exact) mass is 770 g/mol. The lowest BCUT2D eigenvalue weighted by molar-refractivity contribution is -0.0653. The van der Waals surface area contributed by atoms with Gasteiger partial charge in [0.1, 0.15) is 5.82 Å². The van der Waals surface area contributed by atoms with Crippen LogP contribution in [0.1, 0.15) is 48.9 Å². The van der Waals surface area contributed by atoms with Crippen LogP contribution in [0, 0.1) is 13.8 Å². The molecule has 0 aliphatic rings. The average Bonchev–Trinajstić information content (AvgIpc) is 3.96. The van der Waals surface area contributed by atoms with Crippen molar-refractivity contribution in [3.05, 3.63) is 192 Å². The van der Waals surface area contributed by atoms with Crippen molar-refractivity contribution in [3.63, 3.8) is 0 Å². The van der Waals surface area contributed by atoms with Gasteiger partial charge in [-0.3, -0.25) is 4.57 Å². The second-order valence-corrected chi connectivity index (χ2v) is 16.3. The van der Waals surface area contributed by atoms with E-state index in [1.165, 1.54) is 21.5 Å². The third kappa shape index (κ3) is 5.98. The van der Waals surface area contributed by atoms with E-state index in [1.807, 2.05) is 44.4 Å². The van der Waals surface area contributed by atoms with Gasteiger partial charge in [0, 0.05) is 57.3 Å². The van der Waals surface area contributed by atoms with E-state index in [0.717, 1.165) is 72.8 Å². The maximum atomic E-state index is 12.9. The number of fused-ring (bicyclic) bond motifs is 6. The highest BCUT2D eigenvalue weighted by molar-refractivity contribution is 6.10. The summed E-state index contributed by atoms with van der Waals surface area (Å²) in [6, 6.07) is 54.8. The van der Waals surface area contributed by atoms with Gasteiger partial charge in [-0.1, -0.05) is 122 Å². The van der Waals surface area contributed by atoms with Gasteiger partial charge < -0.3 is 19.3 Å². The van der Waals surface area contributed by atoms with E-state index in [9.17, 15) is 10.2 Å². The van der Waals surface area contributed by atoms with Gasteiger partial charge in [-0.2, -0.15) is 0 Å². The van der Waals surface area contributed by atoms with Gasteiger partial charge in [-0.15, -0.1) is 0 Å². The van der Waals surface area contributed by atoms with Crippen molar-refractivity contribution in [1.29, 1.82) is 0 Å². The molecule has 0 amide bonds. The van der Waals surface area contributed by atoms with Crippen LogP contribution in [-0.2, 0) is 11.2 Å². The van der Waals surface area contributed by atoms with E-state index in [-0.39, 0.29) is 6.42 Å². The van der Waals surface area contributed by atoms with E-state index in [2.05, 4.69) is 167 Å². The van der Waals surface area contributed by atoms with Crippen molar-refractivity contribution in [2.24, 2.45) is 0 Å². The topological polar surface area (TPSA) is 68.1 Å². The van der Waals surface area contributed by atoms with Gasteiger partial charge in [-0.05, 0) is 91.9 Å². The minimum atomic E-state index is -1.45. The molecule has 0 saturated carbocycles. The lowest BCUT2D eigenvalue weighted by Crippen LogP contribution is -2.36. The summed E-state index contributed by atoms with van der Waals surface area (Å²) in [5.41, 5.74) is 9.02. The minimum Gasteiger partial charge on any atom is -0.385 e. The Morgan fingerprint density at radius 1 is 0.542 bits per heavy atom. The van der Waals surface area contributed by atoms with E-state index < -0.39 is 11.2 Å². The first-order chi connectivity index (χ1) is 28.6. The number of aliphatic hydroxyl groups is 2. The fourth-order valence-corrected chi connectivity index (χ4v) is 9.56. The number of nitrogens with zero attached hydrogens (tertiary/aromatic N) is 4. The van der Waals surface area contributed by atoms with E-state index >= 15 is 0 Å². The van der Waals surface area contributed by atoms with Gasteiger partial charge in [0.15, 0.2) is 0 Å². The number of imidazole rings is 1. The molecule has 59 heavy (non-hydrogen) atoms. The molecule has 10 aromatic rings. The molecule has 0 aliphatic heterocycles. The van der Waals surface area contributed by atoms with Crippen molar-refractivity contribution < 1.29 is 10.2 Å². The minimum absolute atomic E-state index is 0.0817. The van der Waals surface area contributed by atoms with Crippen molar-refractivity contribution in [1.82, 2.24) is 18.7 Å². The number of para-hydroxylation sites is 4. The lowest BCUT2D eigenvalue weighted by Gasteiger charge is -2.36. The van der Waals surface area contributed by atoms with Crippen molar-refractivity contribution in [3.8, 4) is 28.5 Å². The fraction of sp³-hybridized carbons (Fsp3) is 0.151. The molecule has 0 spiro atoms. The summed E-state index contributed by atoms with van der Waals surface area (Å²) in [6.45, 7) is 8.01. The molecule has 6 nitrogen and oxygen atoms in total. The number of aryl methyl sites for hydroxylation is 2. The van der Waals surface area contributed by atoms with Crippen LogP contribution in [-0.4, -0.2) is 28.9 Å². The molecule has 2 atom stereocenters. The Morgan fingerprint density at radius 3 is 1.44 bits per heavy atom. The first-order valence-electron chi connectivity index (χ1n) is 20.4. The zero-order chi connectivity index (χ0) is 40.5. The molecule has 0 aliphatic carbocycles. The maximum absolute atomic E-state index is 12.9. The molecule has 0 saturated heterocycles. The summed E-state index contributed by atoms with van der Waals surface area (Å²) in [4.78, 5) is 4.71. The Morgan fingerprint density at radius 2 is 0.983 bits per heavy atom. The van der Waals surface area contributed by atoms with Crippen LogP contribution < -0.4 is 0 Å². The smallest absolute Gasteiger partial charge is 0.144 e. The van der Waals surface area contributed by atoms with Gasteiger partial charge in [0.25, 0.3) is 0 Å². The first kappa shape index (κ1) is 36.6. The van der Waals surface area contributed by atoms with Gasteiger partial charge in [0.05, 0.1) is 39.0 Å². The summed E-state index contributed by atoms with van der Waals surface area (Å²) in [5, 5.41) is 30.4. The van der Waals surface area contributed by atoms with Crippen LogP contribution in [0.15, 0.2) is 170 Å². The Kier molecular flexibility index (Phi) is 8.67. The second kappa shape index (κ2) is 14.0. The quantitative estimate of drug-likeness (QED) is 0.154. The molecule has 290 valence electrons. The largest absolute Gasteiger partial charge is 0.385 e. The molecule has 7 aromatic carbocycles. The van der Waals surface area contributed by atoms with E-state index in [0.29, 0.717) is 6.42 Å². The number of hydrogen-bond acceptors (Lipinski definition) is 3. The van der Waals surface area contributed by atoms with Gasteiger partial charge in [0.2, 0.25) is 0 Å². The molecule has 2 N–H and O–H groups in total. The molecule has 2 unspecified atom stereocenters. The summed E-state index contributed by atoms with van der Waals surface area (Å²) in [7, 11) is 0. The first-order valence-corrected chi connectivity index (χ1v) is 20.4. The zero-order valence-electron chi connectivity index (χ0n) is 33.8. The molecular formula is C53H46N4O2. The number of rotatable bonds is 9. The number of aromatic nitrogens is 4. The van der Waals surface area contributed by atoms with Gasteiger partial charge >= 0.3 is 0 Å². The lowest BCUT2D eigenvalue weighted by atomic mass is 9.77.